The van der Waals surface area contributed by atoms with Crippen molar-refractivity contribution in [1.82, 2.24) is 15.5 Å². The van der Waals surface area contributed by atoms with Crippen molar-refractivity contribution < 1.29 is 9.47 Å². The molecular formula is C23H42N4O2. The molecule has 0 aliphatic heterocycles. The van der Waals surface area contributed by atoms with Gasteiger partial charge in [0.05, 0.1) is 14.2 Å². The fourth-order valence-electron chi connectivity index (χ4n) is 3.33. The Morgan fingerprint density at radius 1 is 1.14 bits per heavy atom. The Kier molecular flexibility index (Phi) is 10.9. The van der Waals surface area contributed by atoms with Crippen molar-refractivity contribution in [2.24, 2.45) is 4.99 Å². The van der Waals surface area contributed by atoms with Gasteiger partial charge in [0, 0.05) is 25.0 Å². The highest BCUT2D eigenvalue weighted by atomic mass is 16.5. The molecule has 1 rings (SSSR count). The summed E-state index contributed by atoms with van der Waals surface area (Å²) in [5.41, 5.74) is 1.09. The van der Waals surface area contributed by atoms with E-state index in [9.17, 15) is 0 Å². The Labute approximate surface area is 178 Å². The third-order valence-electron chi connectivity index (χ3n) is 5.48. The van der Waals surface area contributed by atoms with Crippen LogP contribution >= 0.6 is 0 Å². The molecule has 0 fully saturated rings. The third kappa shape index (κ3) is 8.13. The summed E-state index contributed by atoms with van der Waals surface area (Å²) in [5, 5.41) is 7.00. The lowest BCUT2D eigenvalue weighted by molar-refractivity contribution is 0.292. The minimum Gasteiger partial charge on any atom is -0.493 e. The zero-order chi connectivity index (χ0) is 21.9. The first kappa shape index (κ1) is 25.1. The van der Waals surface area contributed by atoms with Crippen LogP contribution in [-0.4, -0.2) is 64.3 Å². The first-order valence-electron chi connectivity index (χ1n) is 10.7. The number of rotatable bonds is 12. The predicted molar refractivity (Wildman–Crippen MR) is 124 cm³/mol. The summed E-state index contributed by atoms with van der Waals surface area (Å²) in [7, 11) is 5.14. The number of guanidine groups is 1. The molecule has 0 radical (unpaired) electrons. The van der Waals surface area contributed by atoms with Gasteiger partial charge in [-0.25, -0.2) is 0 Å². The van der Waals surface area contributed by atoms with Crippen LogP contribution in [-0.2, 0) is 5.41 Å². The lowest BCUT2D eigenvalue weighted by Crippen LogP contribution is -2.46. The molecule has 166 valence electrons. The van der Waals surface area contributed by atoms with Crippen LogP contribution in [0.4, 0.5) is 0 Å². The Morgan fingerprint density at radius 3 is 2.34 bits per heavy atom. The topological polar surface area (TPSA) is 58.1 Å². The maximum atomic E-state index is 5.46. The predicted octanol–water partition coefficient (Wildman–Crippen LogP) is 3.66. The molecule has 0 aromatic heterocycles. The van der Waals surface area contributed by atoms with E-state index in [4.69, 9.17) is 9.47 Å². The lowest BCUT2D eigenvalue weighted by Gasteiger charge is -2.28. The fraction of sp³-hybridized carbons (Fsp3) is 0.696. The number of methoxy groups -OCH3 is 2. The summed E-state index contributed by atoms with van der Waals surface area (Å²) in [6.45, 7) is 15.2. The van der Waals surface area contributed by atoms with Crippen LogP contribution in [0.3, 0.4) is 0 Å². The van der Waals surface area contributed by atoms with Crippen molar-refractivity contribution in [3.8, 4) is 11.5 Å². The van der Waals surface area contributed by atoms with Gasteiger partial charge in [-0.05, 0) is 57.1 Å². The van der Waals surface area contributed by atoms with Crippen molar-refractivity contribution in [3.63, 3.8) is 0 Å². The smallest absolute Gasteiger partial charge is 0.191 e. The third-order valence-corrected chi connectivity index (χ3v) is 5.48. The lowest BCUT2D eigenvalue weighted by atomic mass is 9.84. The molecule has 0 bridgehead atoms. The number of nitrogens with zero attached hydrogens (tertiary/aromatic N) is 2. The fourth-order valence-corrected chi connectivity index (χ4v) is 3.33. The zero-order valence-electron chi connectivity index (χ0n) is 19.8. The number of aliphatic imine (C=N–C) groups is 1. The summed E-state index contributed by atoms with van der Waals surface area (Å²) >= 11 is 0. The Morgan fingerprint density at radius 2 is 1.79 bits per heavy atom. The van der Waals surface area contributed by atoms with E-state index in [-0.39, 0.29) is 5.41 Å². The van der Waals surface area contributed by atoms with E-state index in [1.807, 2.05) is 19.2 Å². The Bertz CT molecular complexity index is 627. The largest absolute Gasteiger partial charge is 0.493 e. The van der Waals surface area contributed by atoms with Crippen LogP contribution in [0, 0.1) is 0 Å². The summed E-state index contributed by atoms with van der Waals surface area (Å²) < 4.78 is 10.8. The highest BCUT2D eigenvalue weighted by Gasteiger charge is 2.23. The van der Waals surface area contributed by atoms with Gasteiger partial charge in [-0.3, -0.25) is 4.99 Å². The zero-order valence-corrected chi connectivity index (χ0v) is 19.8. The van der Waals surface area contributed by atoms with Crippen LogP contribution in [0.2, 0.25) is 0 Å². The Hall–Kier alpha value is -1.95. The molecule has 0 spiro atoms. The maximum absolute atomic E-state index is 5.46. The molecule has 0 saturated heterocycles. The van der Waals surface area contributed by atoms with Crippen molar-refractivity contribution in [2.75, 3.05) is 47.4 Å². The van der Waals surface area contributed by atoms with E-state index >= 15 is 0 Å². The number of hydrogen-bond donors (Lipinski definition) is 2. The van der Waals surface area contributed by atoms with Crippen LogP contribution in [0.1, 0.15) is 53.0 Å². The molecule has 0 heterocycles. The molecule has 0 amide bonds. The van der Waals surface area contributed by atoms with Gasteiger partial charge >= 0.3 is 0 Å². The summed E-state index contributed by atoms with van der Waals surface area (Å²) in [4.78, 5) is 6.86. The van der Waals surface area contributed by atoms with Gasteiger partial charge in [0.15, 0.2) is 17.5 Å². The minimum absolute atomic E-state index is 0.0941. The standard InChI is InChI=1S/C23H42N4O2/c1-9-27(10-2)15-11-12-18(3)26-22(24-6)25-17-23(4,5)19-13-14-20(28-7)21(16-19)29-8/h13-14,16,18H,9-12,15,17H2,1-8H3,(H2,24,25,26). The van der Waals surface area contributed by atoms with Crippen LogP contribution in [0.15, 0.2) is 23.2 Å². The van der Waals surface area contributed by atoms with Crippen LogP contribution < -0.4 is 20.1 Å². The van der Waals surface area contributed by atoms with Crippen molar-refractivity contribution in [3.05, 3.63) is 23.8 Å². The highest BCUT2D eigenvalue weighted by molar-refractivity contribution is 5.80. The number of hydrogen-bond acceptors (Lipinski definition) is 4. The second-order valence-corrected chi connectivity index (χ2v) is 8.09. The SMILES string of the molecule is CCN(CC)CCCC(C)NC(=NC)NCC(C)(C)c1ccc(OC)c(OC)c1. The van der Waals surface area contributed by atoms with E-state index < -0.39 is 0 Å². The maximum Gasteiger partial charge on any atom is 0.191 e. The molecule has 1 atom stereocenters. The molecule has 6 nitrogen and oxygen atoms in total. The first-order chi connectivity index (χ1) is 13.8. The minimum atomic E-state index is -0.0941. The van der Waals surface area contributed by atoms with Gasteiger partial charge < -0.3 is 25.0 Å². The molecular weight excluding hydrogens is 364 g/mol. The highest BCUT2D eigenvalue weighted by Crippen LogP contribution is 2.32. The van der Waals surface area contributed by atoms with E-state index in [0.29, 0.717) is 6.04 Å². The monoisotopic (exact) mass is 406 g/mol. The molecule has 29 heavy (non-hydrogen) atoms. The molecule has 1 aromatic rings. The molecule has 6 heteroatoms. The van der Waals surface area contributed by atoms with Gasteiger partial charge in [-0.2, -0.15) is 0 Å². The first-order valence-corrected chi connectivity index (χ1v) is 10.7. The summed E-state index contributed by atoms with van der Waals surface area (Å²) in [6, 6.07) is 6.48. The average Bonchev–Trinajstić information content (AvgIpc) is 2.73. The molecule has 0 aliphatic rings. The van der Waals surface area contributed by atoms with Gasteiger partial charge in [-0.15, -0.1) is 0 Å². The van der Waals surface area contributed by atoms with E-state index in [0.717, 1.165) is 50.1 Å². The molecule has 2 N–H and O–H groups in total. The number of nitrogens with one attached hydrogen (secondary N) is 2. The van der Waals surface area contributed by atoms with Crippen LogP contribution in [0.5, 0.6) is 11.5 Å². The average molecular weight is 407 g/mol. The number of ether oxygens (including phenoxy) is 2. The van der Waals surface area contributed by atoms with Crippen LogP contribution in [0.25, 0.3) is 0 Å². The quantitative estimate of drug-likeness (QED) is 0.410. The van der Waals surface area contributed by atoms with Crippen molar-refractivity contribution in [2.45, 2.75) is 58.9 Å². The number of benzene rings is 1. The normalized spacial score (nSPS) is 13.3. The van der Waals surface area contributed by atoms with E-state index in [2.05, 4.69) is 61.2 Å². The second-order valence-electron chi connectivity index (χ2n) is 8.09. The Balaban J connectivity index is 2.60. The van der Waals surface area contributed by atoms with Crippen molar-refractivity contribution >= 4 is 5.96 Å². The van der Waals surface area contributed by atoms with Gasteiger partial charge in [0.1, 0.15) is 0 Å². The molecule has 1 aromatic carbocycles. The van der Waals surface area contributed by atoms with E-state index in [1.165, 1.54) is 12.0 Å². The molecule has 1 unspecified atom stereocenters. The summed E-state index contributed by atoms with van der Waals surface area (Å²) in [5.74, 6) is 2.34. The van der Waals surface area contributed by atoms with Gasteiger partial charge in [-0.1, -0.05) is 33.8 Å². The van der Waals surface area contributed by atoms with Gasteiger partial charge in [0.2, 0.25) is 0 Å². The van der Waals surface area contributed by atoms with Crippen molar-refractivity contribution in [1.29, 1.82) is 0 Å². The van der Waals surface area contributed by atoms with E-state index in [1.54, 1.807) is 14.2 Å². The molecule has 0 saturated carbocycles. The van der Waals surface area contributed by atoms with Gasteiger partial charge in [0.25, 0.3) is 0 Å². The summed E-state index contributed by atoms with van der Waals surface area (Å²) in [6.07, 6.45) is 2.31. The molecule has 0 aliphatic carbocycles. The second kappa shape index (κ2) is 12.6.